The topological polar surface area (TPSA) is 38.7 Å². The molecule has 3 heteroatoms. The summed E-state index contributed by atoms with van der Waals surface area (Å²) >= 11 is 0. The van der Waals surface area contributed by atoms with Crippen LogP contribution in [0.15, 0.2) is 24.3 Å². The fourth-order valence-corrected chi connectivity index (χ4v) is 3.14. The van der Waals surface area contributed by atoms with E-state index in [1.807, 2.05) is 24.3 Å². The lowest BCUT2D eigenvalue weighted by Crippen LogP contribution is -2.26. The van der Waals surface area contributed by atoms with E-state index in [1.165, 1.54) is 6.42 Å². The second-order valence-corrected chi connectivity index (χ2v) is 6.89. The first-order valence-corrected chi connectivity index (χ1v) is 7.90. The zero-order valence-electron chi connectivity index (χ0n) is 13.5. The van der Waals surface area contributed by atoms with Crippen molar-refractivity contribution in [1.29, 1.82) is 0 Å². The number of hydrogen-bond acceptors (Lipinski definition) is 3. The zero-order valence-corrected chi connectivity index (χ0v) is 13.5. The summed E-state index contributed by atoms with van der Waals surface area (Å²) in [6.45, 7) is 5.65. The molecule has 118 valence electrons. The highest BCUT2D eigenvalue weighted by Gasteiger charge is 2.36. The van der Waals surface area contributed by atoms with Crippen LogP contribution < -0.4 is 4.74 Å². The van der Waals surface area contributed by atoms with Gasteiger partial charge in [0.1, 0.15) is 12.4 Å². The predicted octanol–water partition coefficient (Wildman–Crippen LogP) is 3.89. The van der Waals surface area contributed by atoms with Gasteiger partial charge >= 0.3 is 0 Å². The van der Waals surface area contributed by atoms with E-state index in [0.29, 0.717) is 18.6 Å². The number of methoxy groups -OCH3 is 1. The van der Waals surface area contributed by atoms with Gasteiger partial charge in [-0.05, 0) is 43.6 Å². The standard InChI is InChI=1S/C18H28O3/c1-17(2)9-6-10-18(19,12-11-17)15-7-4-5-8-16(15)21-14-13-20-3/h4-5,7-8,19H,6,9-14H2,1-3H3. The Morgan fingerprint density at radius 3 is 2.57 bits per heavy atom. The molecule has 0 amide bonds. The molecule has 21 heavy (non-hydrogen) atoms. The molecule has 2 rings (SSSR count). The molecule has 1 aromatic rings. The van der Waals surface area contributed by atoms with Crippen LogP contribution in [0.3, 0.4) is 0 Å². The Balaban J connectivity index is 2.19. The normalized spacial score (nSPS) is 25.3. The van der Waals surface area contributed by atoms with Gasteiger partial charge in [0.25, 0.3) is 0 Å². The van der Waals surface area contributed by atoms with Gasteiger partial charge in [-0.2, -0.15) is 0 Å². The second kappa shape index (κ2) is 6.80. The molecule has 0 aliphatic heterocycles. The summed E-state index contributed by atoms with van der Waals surface area (Å²) in [4.78, 5) is 0. The summed E-state index contributed by atoms with van der Waals surface area (Å²) in [5.74, 6) is 0.789. The largest absolute Gasteiger partial charge is 0.491 e. The highest BCUT2D eigenvalue weighted by atomic mass is 16.5. The van der Waals surface area contributed by atoms with Crippen LogP contribution in [0.2, 0.25) is 0 Å². The summed E-state index contributed by atoms with van der Waals surface area (Å²) in [5.41, 5.74) is 0.479. The zero-order chi connectivity index (χ0) is 15.3. The van der Waals surface area contributed by atoms with Gasteiger partial charge in [-0.25, -0.2) is 0 Å². The Hall–Kier alpha value is -1.06. The van der Waals surface area contributed by atoms with E-state index in [0.717, 1.165) is 37.0 Å². The van der Waals surface area contributed by atoms with Crippen molar-refractivity contribution < 1.29 is 14.6 Å². The molecule has 0 saturated heterocycles. The minimum absolute atomic E-state index is 0.316. The lowest BCUT2D eigenvalue weighted by atomic mass is 9.82. The van der Waals surface area contributed by atoms with E-state index in [1.54, 1.807) is 7.11 Å². The van der Waals surface area contributed by atoms with Crippen LogP contribution in [0.25, 0.3) is 0 Å². The average molecular weight is 292 g/mol. The van der Waals surface area contributed by atoms with Crippen molar-refractivity contribution in [2.24, 2.45) is 5.41 Å². The molecule has 1 unspecified atom stereocenters. The van der Waals surface area contributed by atoms with Gasteiger partial charge in [0.2, 0.25) is 0 Å². The van der Waals surface area contributed by atoms with Crippen molar-refractivity contribution in [2.45, 2.75) is 51.6 Å². The van der Waals surface area contributed by atoms with E-state index in [4.69, 9.17) is 9.47 Å². The van der Waals surface area contributed by atoms with Gasteiger partial charge in [0, 0.05) is 12.7 Å². The Bertz CT molecular complexity index is 456. The smallest absolute Gasteiger partial charge is 0.125 e. The molecule has 1 aliphatic carbocycles. The van der Waals surface area contributed by atoms with Crippen molar-refractivity contribution >= 4 is 0 Å². The van der Waals surface area contributed by atoms with Crippen LogP contribution in [-0.2, 0) is 10.3 Å². The van der Waals surface area contributed by atoms with Gasteiger partial charge in [-0.15, -0.1) is 0 Å². The van der Waals surface area contributed by atoms with E-state index in [9.17, 15) is 5.11 Å². The molecule has 1 N–H and O–H groups in total. The third-order valence-electron chi connectivity index (χ3n) is 4.59. The number of ether oxygens (including phenoxy) is 2. The molecule has 0 radical (unpaired) electrons. The first kappa shape index (κ1) is 16.3. The molecule has 0 aromatic heterocycles. The van der Waals surface area contributed by atoms with Crippen molar-refractivity contribution in [3.8, 4) is 5.75 Å². The molecule has 1 saturated carbocycles. The van der Waals surface area contributed by atoms with Crippen molar-refractivity contribution in [3.63, 3.8) is 0 Å². The summed E-state index contributed by atoms with van der Waals surface area (Å²) in [6.07, 6.45) is 4.86. The van der Waals surface area contributed by atoms with Crippen molar-refractivity contribution in [1.82, 2.24) is 0 Å². The highest BCUT2D eigenvalue weighted by molar-refractivity contribution is 5.38. The quantitative estimate of drug-likeness (QED) is 0.661. The van der Waals surface area contributed by atoms with E-state index in [-0.39, 0.29) is 0 Å². The first-order valence-electron chi connectivity index (χ1n) is 7.90. The summed E-state index contributed by atoms with van der Waals surface area (Å²) < 4.78 is 10.8. The summed E-state index contributed by atoms with van der Waals surface area (Å²) in [6, 6.07) is 7.88. The van der Waals surface area contributed by atoms with Crippen LogP contribution in [0.4, 0.5) is 0 Å². The highest BCUT2D eigenvalue weighted by Crippen LogP contribution is 2.45. The van der Waals surface area contributed by atoms with Gasteiger partial charge in [-0.3, -0.25) is 0 Å². The predicted molar refractivity (Wildman–Crippen MR) is 84.6 cm³/mol. The maximum Gasteiger partial charge on any atom is 0.125 e. The van der Waals surface area contributed by atoms with Crippen LogP contribution in [0.5, 0.6) is 5.75 Å². The maximum atomic E-state index is 11.2. The Morgan fingerprint density at radius 1 is 1.05 bits per heavy atom. The molecule has 1 fully saturated rings. The average Bonchev–Trinajstić information content (AvgIpc) is 2.59. The number of aliphatic hydroxyl groups is 1. The van der Waals surface area contributed by atoms with Crippen LogP contribution >= 0.6 is 0 Å². The molecule has 0 spiro atoms. The van der Waals surface area contributed by atoms with Gasteiger partial charge in [0.05, 0.1) is 12.2 Å². The Morgan fingerprint density at radius 2 is 1.81 bits per heavy atom. The third kappa shape index (κ3) is 4.21. The molecule has 0 heterocycles. The SMILES string of the molecule is COCCOc1ccccc1C1(O)CCCC(C)(C)CC1. The van der Waals surface area contributed by atoms with Gasteiger partial charge < -0.3 is 14.6 Å². The van der Waals surface area contributed by atoms with Crippen molar-refractivity contribution in [2.75, 3.05) is 20.3 Å². The monoisotopic (exact) mass is 292 g/mol. The number of hydrogen-bond donors (Lipinski definition) is 1. The number of para-hydroxylation sites is 1. The lowest BCUT2D eigenvalue weighted by molar-refractivity contribution is 0.0147. The number of benzene rings is 1. The molecular formula is C18H28O3. The third-order valence-corrected chi connectivity index (χ3v) is 4.59. The molecule has 0 bridgehead atoms. The minimum Gasteiger partial charge on any atom is -0.491 e. The Kier molecular flexibility index (Phi) is 5.28. The summed E-state index contributed by atoms with van der Waals surface area (Å²) in [5, 5.41) is 11.2. The van der Waals surface area contributed by atoms with Crippen molar-refractivity contribution in [3.05, 3.63) is 29.8 Å². The van der Waals surface area contributed by atoms with E-state index >= 15 is 0 Å². The molecule has 1 atom stereocenters. The van der Waals surface area contributed by atoms with Crippen LogP contribution in [-0.4, -0.2) is 25.4 Å². The summed E-state index contributed by atoms with van der Waals surface area (Å²) in [7, 11) is 1.66. The van der Waals surface area contributed by atoms with Crippen LogP contribution in [0, 0.1) is 5.41 Å². The van der Waals surface area contributed by atoms with Gasteiger partial charge in [0.15, 0.2) is 0 Å². The first-order chi connectivity index (χ1) is 9.97. The lowest BCUT2D eigenvalue weighted by Gasteiger charge is -2.30. The molecular weight excluding hydrogens is 264 g/mol. The Labute approximate surface area is 128 Å². The molecule has 3 nitrogen and oxygen atoms in total. The fraction of sp³-hybridized carbons (Fsp3) is 0.667. The van der Waals surface area contributed by atoms with E-state index in [2.05, 4.69) is 13.8 Å². The minimum atomic E-state index is -0.766. The number of rotatable bonds is 5. The van der Waals surface area contributed by atoms with Gasteiger partial charge in [-0.1, -0.05) is 32.0 Å². The fourth-order valence-electron chi connectivity index (χ4n) is 3.14. The van der Waals surface area contributed by atoms with E-state index < -0.39 is 5.60 Å². The van der Waals surface area contributed by atoms with Crippen LogP contribution in [0.1, 0.15) is 51.5 Å². The molecule has 1 aliphatic rings. The second-order valence-electron chi connectivity index (χ2n) is 6.89. The molecule has 1 aromatic carbocycles. The maximum absolute atomic E-state index is 11.2.